The van der Waals surface area contributed by atoms with Crippen molar-refractivity contribution in [3.8, 4) is 0 Å². The van der Waals surface area contributed by atoms with Gasteiger partial charge in [-0.05, 0) is 36.2 Å². The van der Waals surface area contributed by atoms with E-state index in [-0.39, 0.29) is 31.9 Å². The lowest BCUT2D eigenvalue weighted by atomic mass is 10.1. The van der Waals surface area contributed by atoms with Crippen LogP contribution in [0.15, 0.2) is 47.4 Å². The molecule has 1 aliphatic rings. The second kappa shape index (κ2) is 9.99. The fourth-order valence-electron chi connectivity index (χ4n) is 3.11. The van der Waals surface area contributed by atoms with E-state index in [1.807, 2.05) is 19.1 Å². The van der Waals surface area contributed by atoms with Gasteiger partial charge in [-0.25, -0.2) is 17.6 Å². The molecule has 3 rings (SSSR count). The molecule has 2 aromatic carbocycles. The fraction of sp³-hybridized carbons (Fsp3) is 0.333. The van der Waals surface area contributed by atoms with Gasteiger partial charge in [0, 0.05) is 18.8 Å². The third-order valence-corrected chi connectivity index (χ3v) is 6.68. The first-order valence-corrected chi connectivity index (χ1v) is 11.2. The highest BCUT2D eigenvalue weighted by atomic mass is 32.2. The summed E-state index contributed by atoms with van der Waals surface area (Å²) >= 11 is 0. The number of aryl methyl sites for hydroxylation is 1. The molecule has 0 saturated carbocycles. The number of ether oxygens (including phenoxy) is 2. The molecule has 1 saturated heterocycles. The van der Waals surface area contributed by atoms with Crippen LogP contribution in [0.1, 0.15) is 22.8 Å². The number of carbonyl (C=O) groups excluding carboxylic acids is 2. The molecule has 0 aromatic heterocycles. The van der Waals surface area contributed by atoms with Gasteiger partial charge in [0.05, 0.1) is 18.8 Å². The molecule has 1 aliphatic heterocycles. The predicted octanol–water partition coefficient (Wildman–Crippen LogP) is 2.20. The minimum atomic E-state index is -4.14. The summed E-state index contributed by atoms with van der Waals surface area (Å²) in [6.45, 7) is 1.98. The van der Waals surface area contributed by atoms with E-state index >= 15 is 0 Å². The molecule has 0 spiro atoms. The number of hydrogen-bond acceptors (Lipinski definition) is 6. The number of nitrogens with zero attached hydrogens (tertiary/aromatic N) is 1. The lowest BCUT2D eigenvalue weighted by Crippen LogP contribution is -2.41. The zero-order valence-electron chi connectivity index (χ0n) is 17.0. The normalized spacial score (nSPS) is 14.8. The molecule has 0 radical (unpaired) electrons. The number of carbonyl (C=O) groups is 2. The van der Waals surface area contributed by atoms with Gasteiger partial charge in [0.1, 0.15) is 10.7 Å². The number of esters is 1. The van der Waals surface area contributed by atoms with Crippen molar-refractivity contribution in [2.24, 2.45) is 0 Å². The van der Waals surface area contributed by atoms with Gasteiger partial charge in [-0.3, -0.25) is 4.79 Å². The average Bonchev–Trinajstić information content (AvgIpc) is 2.78. The van der Waals surface area contributed by atoms with Crippen LogP contribution in [0, 0.1) is 5.82 Å². The Morgan fingerprint density at radius 2 is 1.87 bits per heavy atom. The summed E-state index contributed by atoms with van der Waals surface area (Å²) < 4.78 is 50.9. The molecule has 0 aliphatic carbocycles. The molecule has 1 heterocycles. The maximum Gasteiger partial charge on any atom is 0.338 e. The summed E-state index contributed by atoms with van der Waals surface area (Å²) in [6, 6.07) is 10.2. The first kappa shape index (κ1) is 22.9. The van der Waals surface area contributed by atoms with Crippen LogP contribution in [-0.2, 0) is 30.7 Å². The fourth-order valence-corrected chi connectivity index (χ4v) is 4.60. The molecule has 0 bridgehead atoms. The lowest BCUT2D eigenvalue weighted by molar-refractivity contribution is -0.119. The number of para-hydroxylation sites is 1. The molecule has 166 valence electrons. The van der Waals surface area contributed by atoms with E-state index in [2.05, 4.69) is 5.32 Å². The van der Waals surface area contributed by atoms with Gasteiger partial charge in [0.15, 0.2) is 6.61 Å². The van der Waals surface area contributed by atoms with Crippen LogP contribution in [0.5, 0.6) is 0 Å². The summed E-state index contributed by atoms with van der Waals surface area (Å²) in [7, 11) is -4.14. The monoisotopic (exact) mass is 450 g/mol. The van der Waals surface area contributed by atoms with Gasteiger partial charge in [-0.1, -0.05) is 25.1 Å². The van der Waals surface area contributed by atoms with E-state index in [0.717, 1.165) is 28.1 Å². The molecule has 1 fully saturated rings. The first-order valence-electron chi connectivity index (χ1n) is 9.75. The highest BCUT2D eigenvalue weighted by Crippen LogP contribution is 2.22. The number of benzene rings is 2. The first-order chi connectivity index (χ1) is 14.8. The van der Waals surface area contributed by atoms with E-state index in [9.17, 15) is 22.4 Å². The van der Waals surface area contributed by atoms with Gasteiger partial charge in [-0.2, -0.15) is 4.31 Å². The number of rotatable bonds is 7. The quantitative estimate of drug-likeness (QED) is 0.649. The number of sulfonamides is 1. The maximum atomic E-state index is 14.3. The van der Waals surface area contributed by atoms with Crippen molar-refractivity contribution < 1.29 is 31.9 Å². The Labute approximate surface area is 180 Å². The average molecular weight is 450 g/mol. The summed E-state index contributed by atoms with van der Waals surface area (Å²) in [5, 5.41) is 2.67. The van der Waals surface area contributed by atoms with E-state index in [1.54, 1.807) is 12.1 Å². The third-order valence-electron chi connectivity index (χ3n) is 4.76. The maximum absolute atomic E-state index is 14.3. The van der Waals surface area contributed by atoms with E-state index in [4.69, 9.17) is 9.47 Å². The molecule has 0 unspecified atom stereocenters. The molecule has 2 aromatic rings. The molecule has 31 heavy (non-hydrogen) atoms. The van der Waals surface area contributed by atoms with Crippen LogP contribution in [0.2, 0.25) is 0 Å². The van der Waals surface area contributed by atoms with Gasteiger partial charge in [-0.15, -0.1) is 0 Å². The minimum absolute atomic E-state index is 0.0931. The van der Waals surface area contributed by atoms with Crippen LogP contribution in [0.4, 0.5) is 10.1 Å². The number of halogens is 1. The Hall–Kier alpha value is -2.82. The van der Waals surface area contributed by atoms with Gasteiger partial charge in [0.25, 0.3) is 5.91 Å². The van der Waals surface area contributed by atoms with Gasteiger partial charge in [0.2, 0.25) is 10.0 Å². The molecule has 10 heteroatoms. The SMILES string of the molecule is CCc1ccccc1NC(=O)COC(=O)c1ccc(F)c(S(=O)(=O)N2CCOCC2)c1. The van der Waals surface area contributed by atoms with Crippen molar-refractivity contribution in [3.63, 3.8) is 0 Å². The summed E-state index contributed by atoms with van der Waals surface area (Å²) in [4.78, 5) is 23.9. The van der Waals surface area contributed by atoms with Crippen LogP contribution in [0.25, 0.3) is 0 Å². The molecule has 1 N–H and O–H groups in total. The Balaban J connectivity index is 1.68. The second-order valence-corrected chi connectivity index (χ2v) is 8.70. The van der Waals surface area contributed by atoms with Crippen molar-refractivity contribution >= 4 is 27.6 Å². The zero-order chi connectivity index (χ0) is 22.4. The van der Waals surface area contributed by atoms with E-state index < -0.39 is 39.2 Å². The number of nitrogens with one attached hydrogen (secondary N) is 1. The van der Waals surface area contributed by atoms with Gasteiger partial charge >= 0.3 is 5.97 Å². The van der Waals surface area contributed by atoms with Crippen molar-refractivity contribution in [2.75, 3.05) is 38.2 Å². The van der Waals surface area contributed by atoms with Crippen LogP contribution >= 0.6 is 0 Å². The Bertz CT molecular complexity index is 1070. The number of anilines is 1. The summed E-state index contributed by atoms with van der Waals surface area (Å²) in [6.07, 6.45) is 0.714. The minimum Gasteiger partial charge on any atom is -0.452 e. The smallest absolute Gasteiger partial charge is 0.338 e. The summed E-state index contributed by atoms with van der Waals surface area (Å²) in [5.41, 5.74) is 1.38. The van der Waals surface area contributed by atoms with Crippen molar-refractivity contribution in [1.29, 1.82) is 0 Å². The van der Waals surface area contributed by atoms with Crippen LogP contribution in [-0.4, -0.2) is 57.5 Å². The highest BCUT2D eigenvalue weighted by molar-refractivity contribution is 7.89. The molecule has 8 nitrogen and oxygen atoms in total. The topological polar surface area (TPSA) is 102 Å². The number of hydrogen-bond donors (Lipinski definition) is 1. The zero-order valence-corrected chi connectivity index (χ0v) is 17.8. The molecular weight excluding hydrogens is 427 g/mol. The van der Waals surface area contributed by atoms with Crippen LogP contribution < -0.4 is 5.32 Å². The lowest BCUT2D eigenvalue weighted by Gasteiger charge is -2.26. The van der Waals surface area contributed by atoms with E-state index in [1.165, 1.54) is 0 Å². The Morgan fingerprint density at radius 3 is 2.58 bits per heavy atom. The van der Waals surface area contributed by atoms with Gasteiger partial charge < -0.3 is 14.8 Å². The van der Waals surface area contributed by atoms with E-state index in [0.29, 0.717) is 12.1 Å². The van der Waals surface area contributed by atoms with Crippen molar-refractivity contribution in [3.05, 3.63) is 59.4 Å². The molecule has 0 atom stereocenters. The Morgan fingerprint density at radius 1 is 1.16 bits per heavy atom. The molecule has 1 amide bonds. The Kier molecular flexibility index (Phi) is 7.37. The number of amides is 1. The third kappa shape index (κ3) is 5.46. The summed E-state index contributed by atoms with van der Waals surface area (Å²) in [5.74, 6) is -2.45. The van der Waals surface area contributed by atoms with Crippen molar-refractivity contribution in [1.82, 2.24) is 4.31 Å². The van der Waals surface area contributed by atoms with Crippen LogP contribution in [0.3, 0.4) is 0 Å². The standard InChI is InChI=1S/C21H23FN2O6S/c1-2-15-5-3-4-6-18(15)23-20(25)14-30-21(26)16-7-8-17(22)19(13-16)31(27,28)24-9-11-29-12-10-24/h3-8,13H,2,9-12,14H2,1H3,(H,23,25). The molecular formula is C21H23FN2O6S. The largest absolute Gasteiger partial charge is 0.452 e. The highest BCUT2D eigenvalue weighted by Gasteiger charge is 2.30. The second-order valence-electron chi connectivity index (χ2n) is 6.80. The van der Waals surface area contributed by atoms with Crippen molar-refractivity contribution in [2.45, 2.75) is 18.2 Å². The predicted molar refractivity (Wildman–Crippen MR) is 111 cm³/mol. The number of morpholine rings is 1.